The van der Waals surface area contributed by atoms with E-state index in [4.69, 9.17) is 19.9 Å². The van der Waals surface area contributed by atoms with Gasteiger partial charge in [0.1, 0.15) is 5.75 Å². The normalized spacial score (nSPS) is 10.4. The van der Waals surface area contributed by atoms with Gasteiger partial charge in [-0.1, -0.05) is 6.08 Å². The average molecular weight is 265 g/mol. The summed E-state index contributed by atoms with van der Waals surface area (Å²) in [5.41, 5.74) is 7.57. The minimum atomic E-state index is 0.625. The fourth-order valence-corrected chi connectivity index (χ4v) is 1.64. The van der Waals surface area contributed by atoms with Crippen molar-refractivity contribution in [2.75, 3.05) is 39.3 Å². The first-order chi connectivity index (χ1) is 9.27. The Hall–Kier alpha value is -1.52. The largest absolute Gasteiger partial charge is 0.493 e. The highest BCUT2D eigenvalue weighted by molar-refractivity contribution is 5.48. The summed E-state index contributed by atoms with van der Waals surface area (Å²) < 4.78 is 16.0. The molecule has 0 amide bonds. The lowest BCUT2D eigenvalue weighted by atomic mass is 10.1. The van der Waals surface area contributed by atoms with Gasteiger partial charge in [0.25, 0.3) is 0 Å². The van der Waals surface area contributed by atoms with Gasteiger partial charge in [-0.05, 0) is 30.2 Å². The second-order valence-electron chi connectivity index (χ2n) is 4.17. The van der Waals surface area contributed by atoms with Gasteiger partial charge < -0.3 is 19.9 Å². The third-order valence-electron chi connectivity index (χ3n) is 2.57. The van der Waals surface area contributed by atoms with Crippen molar-refractivity contribution < 1.29 is 14.2 Å². The molecule has 1 aromatic rings. The maximum absolute atomic E-state index is 5.76. The predicted molar refractivity (Wildman–Crippen MR) is 77.6 cm³/mol. The van der Waals surface area contributed by atoms with Crippen LogP contribution in [0.4, 0.5) is 5.69 Å². The lowest BCUT2D eigenvalue weighted by molar-refractivity contribution is 0.0644. The number of anilines is 1. The Morgan fingerprint density at radius 2 is 2.05 bits per heavy atom. The van der Waals surface area contributed by atoms with Crippen LogP contribution < -0.4 is 10.5 Å². The van der Waals surface area contributed by atoms with Crippen LogP contribution in [-0.4, -0.2) is 33.5 Å². The summed E-state index contributed by atoms with van der Waals surface area (Å²) in [5, 5.41) is 0. The average Bonchev–Trinajstić information content (AvgIpc) is 2.40. The second kappa shape index (κ2) is 9.42. The molecule has 0 atom stereocenters. The number of hydrogen-bond donors (Lipinski definition) is 1. The van der Waals surface area contributed by atoms with Gasteiger partial charge in [0.05, 0.1) is 19.8 Å². The zero-order valence-corrected chi connectivity index (χ0v) is 11.6. The molecule has 2 N–H and O–H groups in total. The van der Waals surface area contributed by atoms with Gasteiger partial charge in [0.15, 0.2) is 0 Å². The molecule has 0 aliphatic carbocycles. The monoisotopic (exact) mass is 265 g/mol. The van der Waals surface area contributed by atoms with E-state index in [9.17, 15) is 0 Å². The molecule has 1 aromatic carbocycles. The minimum absolute atomic E-state index is 0.625. The highest BCUT2D eigenvalue weighted by Crippen LogP contribution is 2.22. The van der Waals surface area contributed by atoms with Crippen molar-refractivity contribution in [3.8, 4) is 5.75 Å². The first kappa shape index (κ1) is 15.5. The zero-order chi connectivity index (χ0) is 13.9. The number of nitrogen functional groups attached to an aromatic ring is 1. The van der Waals surface area contributed by atoms with E-state index in [1.165, 1.54) is 0 Å². The van der Waals surface area contributed by atoms with Crippen molar-refractivity contribution in [2.45, 2.75) is 12.8 Å². The van der Waals surface area contributed by atoms with Crippen LogP contribution >= 0.6 is 0 Å². The molecule has 106 valence electrons. The molecule has 0 radical (unpaired) electrons. The van der Waals surface area contributed by atoms with Crippen molar-refractivity contribution in [1.82, 2.24) is 0 Å². The van der Waals surface area contributed by atoms with Crippen LogP contribution in [0.15, 0.2) is 30.9 Å². The standard InChI is InChI=1S/C15H23NO3/c1-3-5-13-12-14(16)6-7-15(13)19-9-4-8-18-11-10-17-2/h3,6-7,12H,1,4-5,8-11,16H2,2H3. The Morgan fingerprint density at radius 1 is 1.21 bits per heavy atom. The highest BCUT2D eigenvalue weighted by atomic mass is 16.5. The summed E-state index contributed by atoms with van der Waals surface area (Å²) in [4.78, 5) is 0. The van der Waals surface area contributed by atoms with Crippen LogP contribution in [-0.2, 0) is 15.9 Å². The van der Waals surface area contributed by atoms with E-state index in [0.29, 0.717) is 26.4 Å². The van der Waals surface area contributed by atoms with Crippen molar-refractivity contribution >= 4 is 5.69 Å². The Kier molecular flexibility index (Phi) is 7.70. The summed E-state index contributed by atoms with van der Waals surface area (Å²) in [6.07, 6.45) is 3.45. The summed E-state index contributed by atoms with van der Waals surface area (Å²) in [7, 11) is 1.66. The molecular weight excluding hydrogens is 242 g/mol. The van der Waals surface area contributed by atoms with E-state index in [2.05, 4.69) is 6.58 Å². The number of ether oxygens (including phenoxy) is 3. The molecule has 0 aromatic heterocycles. The third-order valence-corrected chi connectivity index (χ3v) is 2.57. The summed E-state index contributed by atoms with van der Waals surface area (Å²) in [6.45, 7) is 6.29. The molecular formula is C15H23NO3. The van der Waals surface area contributed by atoms with E-state index >= 15 is 0 Å². The zero-order valence-electron chi connectivity index (χ0n) is 11.6. The molecule has 19 heavy (non-hydrogen) atoms. The van der Waals surface area contributed by atoms with E-state index in [0.717, 1.165) is 29.8 Å². The Balaban J connectivity index is 2.30. The number of hydrogen-bond acceptors (Lipinski definition) is 4. The second-order valence-corrected chi connectivity index (χ2v) is 4.17. The SMILES string of the molecule is C=CCc1cc(N)ccc1OCCCOCCOC. The van der Waals surface area contributed by atoms with Gasteiger partial charge in [0, 0.05) is 25.8 Å². The molecule has 0 aliphatic heterocycles. The molecule has 0 spiro atoms. The van der Waals surface area contributed by atoms with E-state index in [1.54, 1.807) is 7.11 Å². The molecule has 0 unspecified atom stereocenters. The highest BCUT2D eigenvalue weighted by Gasteiger charge is 2.03. The topological polar surface area (TPSA) is 53.7 Å². The maximum Gasteiger partial charge on any atom is 0.122 e. The summed E-state index contributed by atoms with van der Waals surface area (Å²) >= 11 is 0. The predicted octanol–water partition coefficient (Wildman–Crippen LogP) is 2.43. The van der Waals surface area contributed by atoms with Crippen LogP contribution in [0, 0.1) is 0 Å². The van der Waals surface area contributed by atoms with Gasteiger partial charge in [-0.15, -0.1) is 6.58 Å². The molecule has 0 saturated heterocycles. The maximum atomic E-state index is 5.76. The number of benzene rings is 1. The molecule has 0 fully saturated rings. The number of nitrogens with two attached hydrogens (primary N) is 1. The molecule has 1 rings (SSSR count). The molecule has 0 saturated carbocycles. The van der Waals surface area contributed by atoms with Crippen LogP contribution in [0.5, 0.6) is 5.75 Å². The van der Waals surface area contributed by atoms with Gasteiger partial charge in [0.2, 0.25) is 0 Å². The number of methoxy groups -OCH3 is 1. The Morgan fingerprint density at radius 3 is 2.79 bits per heavy atom. The van der Waals surface area contributed by atoms with Gasteiger partial charge in [-0.2, -0.15) is 0 Å². The molecule has 4 heteroatoms. The van der Waals surface area contributed by atoms with E-state index in [-0.39, 0.29) is 0 Å². The number of rotatable bonds is 10. The van der Waals surface area contributed by atoms with Crippen molar-refractivity contribution in [1.29, 1.82) is 0 Å². The Labute approximate surface area is 115 Å². The van der Waals surface area contributed by atoms with Crippen molar-refractivity contribution in [3.05, 3.63) is 36.4 Å². The first-order valence-corrected chi connectivity index (χ1v) is 6.46. The van der Waals surface area contributed by atoms with Crippen LogP contribution in [0.1, 0.15) is 12.0 Å². The lowest BCUT2D eigenvalue weighted by Crippen LogP contribution is -2.07. The Bertz CT molecular complexity index is 380. The van der Waals surface area contributed by atoms with E-state index < -0.39 is 0 Å². The minimum Gasteiger partial charge on any atom is -0.493 e. The summed E-state index contributed by atoms with van der Waals surface area (Å²) in [6, 6.07) is 5.67. The molecule has 0 aliphatic rings. The smallest absolute Gasteiger partial charge is 0.122 e. The quantitative estimate of drug-likeness (QED) is 0.401. The fourth-order valence-electron chi connectivity index (χ4n) is 1.64. The van der Waals surface area contributed by atoms with Crippen molar-refractivity contribution in [2.24, 2.45) is 0 Å². The molecule has 4 nitrogen and oxygen atoms in total. The van der Waals surface area contributed by atoms with Gasteiger partial charge >= 0.3 is 0 Å². The first-order valence-electron chi connectivity index (χ1n) is 6.46. The summed E-state index contributed by atoms with van der Waals surface area (Å²) in [5.74, 6) is 0.867. The van der Waals surface area contributed by atoms with Crippen LogP contribution in [0.25, 0.3) is 0 Å². The van der Waals surface area contributed by atoms with Gasteiger partial charge in [-0.25, -0.2) is 0 Å². The van der Waals surface area contributed by atoms with Crippen molar-refractivity contribution in [3.63, 3.8) is 0 Å². The van der Waals surface area contributed by atoms with Crippen LogP contribution in [0.2, 0.25) is 0 Å². The fraction of sp³-hybridized carbons (Fsp3) is 0.467. The lowest BCUT2D eigenvalue weighted by Gasteiger charge is -2.11. The third kappa shape index (κ3) is 6.27. The van der Waals surface area contributed by atoms with Gasteiger partial charge in [-0.3, -0.25) is 0 Å². The molecule has 0 bridgehead atoms. The number of allylic oxidation sites excluding steroid dienone is 1. The molecule has 0 heterocycles. The van der Waals surface area contributed by atoms with Crippen LogP contribution in [0.3, 0.4) is 0 Å². The van der Waals surface area contributed by atoms with E-state index in [1.807, 2.05) is 24.3 Å².